The van der Waals surface area contributed by atoms with Crippen LogP contribution < -0.4 is 20.1 Å². The van der Waals surface area contributed by atoms with E-state index in [1.165, 1.54) is 12.0 Å². The molecule has 10 nitrogen and oxygen atoms in total. The predicted octanol–water partition coefficient (Wildman–Crippen LogP) is 9.43. The summed E-state index contributed by atoms with van der Waals surface area (Å²) in [5, 5.41) is 7.39. The molecule has 0 aromatic heterocycles. The summed E-state index contributed by atoms with van der Waals surface area (Å²) in [7, 11) is 1.27. The summed E-state index contributed by atoms with van der Waals surface area (Å²) in [6, 6.07) is 37.7. The molecule has 3 unspecified atom stereocenters. The Balaban J connectivity index is 1.00. The molecule has 2 aliphatic heterocycles. The Labute approximate surface area is 367 Å². The monoisotopic (exact) mass is 873 g/mol. The third-order valence-corrected chi connectivity index (χ3v) is 11.7. The fourth-order valence-corrected chi connectivity index (χ4v) is 7.90. The molecular weight excluding hydrogens is 837 g/mol. The highest BCUT2D eigenvalue weighted by atomic mass is 35.5. The Hall–Kier alpha value is -6.33. The van der Waals surface area contributed by atoms with E-state index in [4.69, 9.17) is 49.0 Å². The van der Waals surface area contributed by atoms with Gasteiger partial charge in [-0.3, -0.25) is 14.4 Å². The molecule has 6 aromatic rings. The molecule has 0 aliphatic carbocycles. The lowest BCUT2D eigenvalue weighted by Crippen LogP contribution is -2.56. The lowest BCUT2D eigenvalue weighted by atomic mass is 9.91. The van der Waals surface area contributed by atoms with E-state index >= 15 is 0 Å². The molecule has 3 amide bonds. The maximum atomic E-state index is 14.3. The molecule has 8 rings (SSSR count). The number of halogens is 3. The molecule has 3 atom stereocenters. The predicted molar refractivity (Wildman–Crippen MR) is 234 cm³/mol. The van der Waals surface area contributed by atoms with Gasteiger partial charge in [-0.15, -0.1) is 0 Å². The lowest BCUT2D eigenvalue weighted by Gasteiger charge is -2.38. The van der Waals surface area contributed by atoms with Crippen molar-refractivity contribution in [3.8, 4) is 22.6 Å². The molecular formula is C48H38Cl3N3O7. The van der Waals surface area contributed by atoms with Crippen molar-refractivity contribution in [3.05, 3.63) is 182 Å². The van der Waals surface area contributed by atoms with E-state index in [9.17, 15) is 19.2 Å². The fraction of sp³-hybridized carbons (Fsp3) is 0.167. The number of fused-ring (bicyclic) bond motifs is 2. The number of amides is 3. The molecule has 0 saturated carbocycles. The Morgan fingerprint density at radius 2 is 1.49 bits per heavy atom. The molecule has 0 radical (unpaired) electrons. The Bertz CT molecular complexity index is 2610. The zero-order valence-electron chi connectivity index (χ0n) is 32.7. The summed E-state index contributed by atoms with van der Waals surface area (Å²) in [4.78, 5) is 56.6. The van der Waals surface area contributed by atoms with E-state index in [0.717, 1.165) is 33.4 Å². The van der Waals surface area contributed by atoms with Gasteiger partial charge in [-0.05, 0) is 94.0 Å². The van der Waals surface area contributed by atoms with Crippen LogP contribution in [0.4, 0.5) is 5.69 Å². The third-order valence-electron chi connectivity index (χ3n) is 10.7. The highest BCUT2D eigenvalue weighted by Gasteiger charge is 2.39. The normalized spacial score (nSPS) is 15.9. The van der Waals surface area contributed by atoms with Gasteiger partial charge in [0.05, 0.1) is 22.8 Å². The van der Waals surface area contributed by atoms with Crippen LogP contribution in [0.1, 0.15) is 44.3 Å². The first-order valence-corrected chi connectivity index (χ1v) is 20.6. The number of esters is 1. The van der Waals surface area contributed by atoms with Gasteiger partial charge in [-0.2, -0.15) is 0 Å². The molecule has 13 heteroatoms. The van der Waals surface area contributed by atoms with Crippen molar-refractivity contribution >= 4 is 64.2 Å². The van der Waals surface area contributed by atoms with Gasteiger partial charge in [0.15, 0.2) is 0 Å². The molecule has 61 heavy (non-hydrogen) atoms. The number of nitrogens with one attached hydrogen (secondary N) is 2. The number of ether oxygens (including phenoxy) is 3. The first-order valence-electron chi connectivity index (χ1n) is 19.4. The number of methoxy groups -OCH3 is 1. The average Bonchev–Trinajstić information content (AvgIpc) is 3.28. The van der Waals surface area contributed by atoms with Crippen molar-refractivity contribution in [1.82, 2.24) is 10.2 Å². The van der Waals surface area contributed by atoms with Crippen LogP contribution in [0.25, 0.3) is 11.1 Å². The second kappa shape index (κ2) is 18.1. The second-order valence-corrected chi connectivity index (χ2v) is 16.0. The average molecular weight is 875 g/mol. The van der Waals surface area contributed by atoms with Crippen LogP contribution in [0.2, 0.25) is 15.1 Å². The first-order chi connectivity index (χ1) is 29.5. The molecule has 308 valence electrons. The lowest BCUT2D eigenvalue weighted by molar-refractivity contribution is -0.145. The van der Waals surface area contributed by atoms with Crippen LogP contribution in [0.5, 0.6) is 11.5 Å². The summed E-state index contributed by atoms with van der Waals surface area (Å²) in [5.74, 6) is -0.864. The Morgan fingerprint density at radius 1 is 0.803 bits per heavy atom. The maximum absolute atomic E-state index is 14.3. The standard InChI is InChI=1S/C48H38Cl3N3O7/c1-59-48(58)41(22-28-7-10-30(11-8-28)31-12-16-36(49)17-13-31)53-45(55)42-24-34-23-40-43(25-35(34)26-54(42)47(57)33-5-3-2-4-6-33)61-44(46(56)52-40)32-14-18-37(19-15-32)60-27-29-9-20-38(50)39(51)21-29/h2-21,23,25,41-42,44H,22,24,26-27H2,1H3,(H,52,56)(H,53,55). The minimum atomic E-state index is -1.04. The topological polar surface area (TPSA) is 123 Å². The van der Waals surface area contributed by atoms with E-state index in [1.807, 2.05) is 60.7 Å². The van der Waals surface area contributed by atoms with E-state index in [0.29, 0.717) is 43.4 Å². The third kappa shape index (κ3) is 9.37. The second-order valence-electron chi connectivity index (χ2n) is 14.7. The number of benzene rings is 6. The van der Waals surface area contributed by atoms with Gasteiger partial charge >= 0.3 is 5.97 Å². The number of anilines is 1. The summed E-state index contributed by atoms with van der Waals surface area (Å²) in [6.07, 6.45) is -0.690. The smallest absolute Gasteiger partial charge is 0.328 e. The van der Waals surface area contributed by atoms with Gasteiger partial charge in [0.1, 0.15) is 30.2 Å². The van der Waals surface area contributed by atoms with Crippen LogP contribution in [0.3, 0.4) is 0 Å². The van der Waals surface area contributed by atoms with Gasteiger partial charge in [-0.1, -0.05) is 108 Å². The molecule has 0 spiro atoms. The summed E-state index contributed by atoms with van der Waals surface area (Å²) < 4.78 is 17.3. The van der Waals surface area contributed by atoms with Crippen LogP contribution in [-0.4, -0.2) is 47.8 Å². The highest BCUT2D eigenvalue weighted by Crippen LogP contribution is 2.40. The number of rotatable bonds is 11. The molecule has 0 fully saturated rings. The van der Waals surface area contributed by atoms with Crippen LogP contribution >= 0.6 is 34.8 Å². The van der Waals surface area contributed by atoms with Crippen molar-refractivity contribution in [1.29, 1.82) is 0 Å². The highest BCUT2D eigenvalue weighted by molar-refractivity contribution is 6.42. The van der Waals surface area contributed by atoms with Gasteiger partial charge in [-0.25, -0.2) is 4.79 Å². The van der Waals surface area contributed by atoms with E-state index in [2.05, 4.69) is 10.6 Å². The molecule has 2 aliphatic rings. The zero-order chi connectivity index (χ0) is 42.6. The molecule has 2 N–H and O–H groups in total. The minimum absolute atomic E-state index is 0.0658. The van der Waals surface area contributed by atoms with Gasteiger partial charge in [0, 0.05) is 35.5 Å². The van der Waals surface area contributed by atoms with Gasteiger partial charge in [0.2, 0.25) is 12.0 Å². The van der Waals surface area contributed by atoms with Crippen molar-refractivity contribution in [3.63, 3.8) is 0 Å². The van der Waals surface area contributed by atoms with E-state index in [1.54, 1.807) is 72.8 Å². The van der Waals surface area contributed by atoms with Crippen molar-refractivity contribution in [2.24, 2.45) is 0 Å². The summed E-state index contributed by atoms with van der Waals surface area (Å²) >= 11 is 18.2. The maximum Gasteiger partial charge on any atom is 0.328 e. The van der Waals surface area contributed by atoms with Crippen molar-refractivity contribution < 1.29 is 33.4 Å². The SMILES string of the molecule is COC(=O)C(Cc1ccc(-c2ccc(Cl)cc2)cc1)NC(=O)C1Cc2cc3c(cc2CN1C(=O)c1ccccc1)OC(c1ccc(OCc2ccc(Cl)c(Cl)c2)cc1)C(=O)N3. The van der Waals surface area contributed by atoms with Crippen LogP contribution in [0.15, 0.2) is 133 Å². The number of carbonyl (C=O) groups excluding carboxylic acids is 4. The van der Waals surface area contributed by atoms with Crippen LogP contribution in [0, 0.1) is 0 Å². The summed E-state index contributed by atoms with van der Waals surface area (Å²) in [6.45, 7) is 0.338. The summed E-state index contributed by atoms with van der Waals surface area (Å²) in [5.41, 5.74) is 6.54. The molecule has 6 aromatic carbocycles. The quantitative estimate of drug-likeness (QED) is 0.124. The number of nitrogens with zero attached hydrogens (tertiary/aromatic N) is 1. The van der Waals surface area contributed by atoms with E-state index < -0.39 is 30.1 Å². The van der Waals surface area contributed by atoms with Crippen molar-refractivity contribution in [2.75, 3.05) is 12.4 Å². The Kier molecular flexibility index (Phi) is 12.3. The molecule has 2 heterocycles. The zero-order valence-corrected chi connectivity index (χ0v) is 35.0. The van der Waals surface area contributed by atoms with Gasteiger partial charge in [0.25, 0.3) is 11.8 Å². The van der Waals surface area contributed by atoms with Gasteiger partial charge < -0.3 is 29.7 Å². The van der Waals surface area contributed by atoms with Crippen LogP contribution in [-0.2, 0) is 45.1 Å². The first kappa shape index (κ1) is 41.4. The number of hydrogen-bond donors (Lipinski definition) is 2. The molecule has 0 saturated heterocycles. The largest absolute Gasteiger partial charge is 0.489 e. The fourth-order valence-electron chi connectivity index (χ4n) is 7.45. The van der Waals surface area contributed by atoms with E-state index in [-0.39, 0.29) is 37.8 Å². The number of carbonyl (C=O) groups is 4. The Morgan fingerprint density at radius 3 is 2.18 bits per heavy atom. The number of hydrogen-bond acceptors (Lipinski definition) is 7. The van der Waals surface area contributed by atoms with Crippen molar-refractivity contribution in [2.45, 2.75) is 44.2 Å². The minimum Gasteiger partial charge on any atom is -0.489 e. The molecule has 0 bridgehead atoms.